The van der Waals surface area contributed by atoms with Crippen molar-refractivity contribution in [3.63, 3.8) is 0 Å². The van der Waals surface area contributed by atoms with Crippen LogP contribution in [0.2, 0.25) is 0 Å². The number of azo groups is 1. The first-order valence-corrected chi connectivity index (χ1v) is 10.3. The minimum Gasteiger partial charge on any atom is -0.493 e. The second kappa shape index (κ2) is 10.9. The zero-order chi connectivity index (χ0) is 23.8. The van der Waals surface area contributed by atoms with Crippen LogP contribution in [0.4, 0.5) is 5.69 Å². The molecule has 0 unspecified atom stereocenters. The Labute approximate surface area is 189 Å². The summed E-state index contributed by atoms with van der Waals surface area (Å²) in [6.07, 6.45) is 0. The Hall–Kier alpha value is -4.21. The number of hydrogen-bond donors (Lipinski definition) is 2. The van der Waals surface area contributed by atoms with Crippen molar-refractivity contribution in [3.8, 4) is 11.6 Å². The van der Waals surface area contributed by atoms with Gasteiger partial charge in [0.15, 0.2) is 12.3 Å². The number of nitrogens with zero attached hydrogens (tertiary/aromatic N) is 3. The summed E-state index contributed by atoms with van der Waals surface area (Å²) in [6.45, 7) is 2.94. The maximum atomic E-state index is 12.1. The van der Waals surface area contributed by atoms with Gasteiger partial charge in [-0.2, -0.15) is 0 Å². The summed E-state index contributed by atoms with van der Waals surface area (Å²) in [4.78, 5) is 35.9. The van der Waals surface area contributed by atoms with Crippen molar-refractivity contribution in [2.45, 2.75) is 20.4 Å². The highest BCUT2D eigenvalue weighted by atomic mass is 16.5. The minimum absolute atomic E-state index is 0.0392. The normalized spacial score (nSPS) is 11.0. The van der Waals surface area contributed by atoms with Gasteiger partial charge in [-0.05, 0) is 37.6 Å². The predicted molar refractivity (Wildman–Crippen MR) is 119 cm³/mol. The largest absolute Gasteiger partial charge is 0.493 e. The van der Waals surface area contributed by atoms with Crippen molar-refractivity contribution >= 4 is 34.4 Å². The van der Waals surface area contributed by atoms with E-state index in [0.717, 1.165) is 5.56 Å². The summed E-state index contributed by atoms with van der Waals surface area (Å²) in [6, 6.07) is 14.1. The molecule has 0 spiro atoms. The molecule has 0 saturated carbocycles. The summed E-state index contributed by atoms with van der Waals surface area (Å²) < 4.78 is 11.6. The number of rotatable bonds is 9. The molecular weight excluding hydrogens is 428 g/mol. The molecule has 3 rings (SSSR count). The molecule has 10 heteroatoms. The second-order valence-corrected chi connectivity index (χ2v) is 7.06. The number of ether oxygens (including phenoxy) is 2. The molecule has 0 fully saturated rings. The van der Waals surface area contributed by atoms with E-state index in [-0.39, 0.29) is 37.9 Å². The van der Waals surface area contributed by atoms with Crippen LogP contribution in [0.1, 0.15) is 12.5 Å². The third-order valence-electron chi connectivity index (χ3n) is 4.57. The van der Waals surface area contributed by atoms with Crippen molar-refractivity contribution in [2.24, 2.45) is 10.2 Å². The van der Waals surface area contributed by atoms with Gasteiger partial charge in [0, 0.05) is 5.39 Å². The van der Waals surface area contributed by atoms with Crippen molar-refractivity contribution in [1.82, 2.24) is 9.88 Å². The molecule has 3 aromatic rings. The lowest BCUT2D eigenvalue weighted by molar-refractivity contribution is -0.143. The van der Waals surface area contributed by atoms with Crippen LogP contribution >= 0.6 is 0 Å². The monoisotopic (exact) mass is 452 g/mol. The number of fused-ring (bicyclic) bond motifs is 1. The van der Waals surface area contributed by atoms with Gasteiger partial charge < -0.3 is 19.9 Å². The number of esters is 1. The van der Waals surface area contributed by atoms with E-state index in [4.69, 9.17) is 9.47 Å². The van der Waals surface area contributed by atoms with E-state index in [2.05, 4.69) is 15.5 Å². The Morgan fingerprint density at radius 1 is 1.12 bits per heavy atom. The molecule has 2 aromatic carbocycles. The number of carbonyl (C=O) groups is 3. The number of para-hydroxylation sites is 1. The highest BCUT2D eigenvalue weighted by Gasteiger charge is 2.19. The molecule has 0 radical (unpaired) electrons. The Morgan fingerprint density at radius 3 is 2.67 bits per heavy atom. The fraction of sp³-hybridized carbons (Fsp3) is 0.261. The average Bonchev–Trinajstić information content (AvgIpc) is 3.06. The van der Waals surface area contributed by atoms with Crippen LogP contribution in [0, 0.1) is 6.92 Å². The zero-order valence-electron chi connectivity index (χ0n) is 18.3. The number of aromatic hydroxyl groups is 1. The van der Waals surface area contributed by atoms with Gasteiger partial charge in [0.05, 0.1) is 12.1 Å². The highest BCUT2D eigenvalue weighted by Crippen LogP contribution is 2.38. The lowest BCUT2D eigenvalue weighted by Gasteiger charge is -2.06. The van der Waals surface area contributed by atoms with Crippen LogP contribution < -0.4 is 10.1 Å². The quantitative estimate of drug-likeness (QED) is 0.379. The third kappa shape index (κ3) is 6.16. The van der Waals surface area contributed by atoms with E-state index in [1.54, 1.807) is 43.3 Å². The van der Waals surface area contributed by atoms with Gasteiger partial charge in [-0.25, -0.2) is 0 Å². The smallest absolute Gasteiger partial charge is 0.326 e. The number of hydrogen-bond acceptors (Lipinski definition) is 7. The summed E-state index contributed by atoms with van der Waals surface area (Å²) in [5.41, 5.74) is 1.57. The third-order valence-corrected chi connectivity index (χ3v) is 4.57. The molecule has 0 atom stereocenters. The average molecular weight is 452 g/mol. The van der Waals surface area contributed by atoms with Gasteiger partial charge >= 0.3 is 5.97 Å². The van der Waals surface area contributed by atoms with Gasteiger partial charge in [-0.1, -0.05) is 30.3 Å². The summed E-state index contributed by atoms with van der Waals surface area (Å²) in [5, 5.41) is 20.9. The van der Waals surface area contributed by atoms with Crippen molar-refractivity contribution in [3.05, 3.63) is 54.1 Å². The first kappa shape index (κ1) is 23.5. The van der Waals surface area contributed by atoms with Gasteiger partial charge in [0.2, 0.25) is 5.88 Å². The zero-order valence-corrected chi connectivity index (χ0v) is 18.3. The number of amides is 2. The standard InChI is InChI=1S/C23H24N4O6/c1-3-32-21(30)13-27-18-10-5-4-9-17(18)22(23(27)31)26-25-19(28)12-24-20(29)14-33-16-8-6-7-15(2)11-16/h4-11,31H,3,12-14H2,1-2H3,(H,24,29). The number of nitrogens with one attached hydrogen (secondary N) is 1. The van der Waals surface area contributed by atoms with Crippen LogP contribution in [-0.2, 0) is 25.7 Å². The van der Waals surface area contributed by atoms with Crippen molar-refractivity contribution < 1.29 is 29.0 Å². The van der Waals surface area contributed by atoms with Crippen molar-refractivity contribution in [2.75, 3.05) is 19.8 Å². The van der Waals surface area contributed by atoms with Crippen LogP contribution in [-0.4, -0.2) is 47.2 Å². The van der Waals surface area contributed by atoms with Crippen LogP contribution in [0.5, 0.6) is 11.6 Å². The number of benzene rings is 2. The molecule has 0 aliphatic rings. The van der Waals surface area contributed by atoms with E-state index in [0.29, 0.717) is 16.7 Å². The Morgan fingerprint density at radius 2 is 1.91 bits per heavy atom. The maximum Gasteiger partial charge on any atom is 0.326 e. The molecule has 2 amide bonds. The van der Waals surface area contributed by atoms with E-state index < -0.39 is 17.8 Å². The maximum absolute atomic E-state index is 12.1. The molecule has 0 saturated heterocycles. The Kier molecular flexibility index (Phi) is 7.74. The molecule has 10 nitrogen and oxygen atoms in total. The first-order chi connectivity index (χ1) is 15.9. The first-order valence-electron chi connectivity index (χ1n) is 10.3. The SMILES string of the molecule is CCOC(=O)Cn1c(O)c(N=NC(=O)CNC(=O)COc2cccc(C)c2)c2ccccc21. The van der Waals surface area contributed by atoms with Crippen LogP contribution in [0.15, 0.2) is 58.8 Å². The van der Waals surface area contributed by atoms with E-state index in [9.17, 15) is 19.5 Å². The second-order valence-electron chi connectivity index (χ2n) is 7.06. The van der Waals surface area contributed by atoms with Gasteiger partial charge in [0.25, 0.3) is 11.8 Å². The van der Waals surface area contributed by atoms with E-state index >= 15 is 0 Å². The number of aryl methyl sites for hydroxylation is 1. The molecule has 0 bridgehead atoms. The molecule has 2 N–H and O–H groups in total. The lowest BCUT2D eigenvalue weighted by Crippen LogP contribution is -2.32. The fourth-order valence-electron chi connectivity index (χ4n) is 3.09. The minimum atomic E-state index is -0.722. The molecule has 0 aliphatic carbocycles. The number of carbonyl (C=O) groups excluding carboxylic acids is 3. The van der Waals surface area contributed by atoms with E-state index in [1.165, 1.54) is 4.57 Å². The lowest BCUT2D eigenvalue weighted by atomic mass is 10.2. The number of aromatic nitrogens is 1. The Balaban J connectivity index is 1.62. The van der Waals surface area contributed by atoms with Crippen LogP contribution in [0.25, 0.3) is 10.9 Å². The topological polar surface area (TPSA) is 132 Å². The summed E-state index contributed by atoms with van der Waals surface area (Å²) >= 11 is 0. The molecule has 172 valence electrons. The Bertz CT molecular complexity index is 1200. The van der Waals surface area contributed by atoms with Gasteiger partial charge in [-0.15, -0.1) is 10.2 Å². The van der Waals surface area contributed by atoms with E-state index in [1.807, 2.05) is 19.1 Å². The summed E-state index contributed by atoms with van der Waals surface area (Å²) in [5.74, 6) is -1.51. The molecule has 0 aliphatic heterocycles. The fourth-order valence-corrected chi connectivity index (χ4v) is 3.09. The van der Waals surface area contributed by atoms with Gasteiger partial charge in [-0.3, -0.25) is 19.0 Å². The van der Waals surface area contributed by atoms with Crippen LogP contribution in [0.3, 0.4) is 0 Å². The van der Waals surface area contributed by atoms with Gasteiger partial charge in [0.1, 0.15) is 18.8 Å². The van der Waals surface area contributed by atoms with Crippen molar-refractivity contribution in [1.29, 1.82) is 0 Å². The molecule has 33 heavy (non-hydrogen) atoms. The molecule has 1 aromatic heterocycles. The highest BCUT2D eigenvalue weighted by molar-refractivity contribution is 5.96. The molecular formula is C23H24N4O6. The predicted octanol–water partition coefficient (Wildman–Crippen LogP) is 3.02. The summed E-state index contributed by atoms with van der Waals surface area (Å²) in [7, 11) is 0. The molecule has 1 heterocycles.